The predicted octanol–water partition coefficient (Wildman–Crippen LogP) is 2.55. The van der Waals surface area contributed by atoms with Crippen molar-refractivity contribution in [1.29, 1.82) is 0 Å². The van der Waals surface area contributed by atoms with Gasteiger partial charge in [0, 0.05) is 26.2 Å². The van der Waals surface area contributed by atoms with Gasteiger partial charge in [0.1, 0.15) is 17.3 Å². The number of hydrogen-bond donors (Lipinski definition) is 1. The zero-order valence-corrected chi connectivity index (χ0v) is 12.0. The maximum Gasteiger partial charge on any atom is 0.149 e. The third kappa shape index (κ3) is 3.88. The molecule has 0 aliphatic carbocycles. The Morgan fingerprint density at radius 3 is 2.32 bits per heavy atom. The number of ether oxygens (including phenoxy) is 1. The van der Waals surface area contributed by atoms with Gasteiger partial charge in [-0.15, -0.1) is 0 Å². The Bertz CT molecular complexity index is 389. The van der Waals surface area contributed by atoms with Gasteiger partial charge in [-0.3, -0.25) is 0 Å². The van der Waals surface area contributed by atoms with Crippen molar-refractivity contribution in [2.24, 2.45) is 0 Å². The molecule has 0 amide bonds. The summed E-state index contributed by atoms with van der Waals surface area (Å²) >= 11 is 0. The van der Waals surface area contributed by atoms with E-state index in [0.29, 0.717) is 25.3 Å². The second-order valence-electron chi connectivity index (χ2n) is 4.53. The highest BCUT2D eigenvalue weighted by Crippen LogP contribution is 2.26. The fourth-order valence-corrected chi connectivity index (χ4v) is 2.22. The summed E-state index contributed by atoms with van der Waals surface area (Å²) in [6.45, 7) is 5.13. The van der Waals surface area contributed by atoms with Crippen LogP contribution in [-0.2, 0) is 11.3 Å². The normalized spacial score (nSPS) is 12.5. The van der Waals surface area contributed by atoms with Crippen LogP contribution >= 0.6 is 0 Å². The Balaban J connectivity index is 3.10. The molecule has 0 heterocycles. The molecule has 3 nitrogen and oxygen atoms in total. The monoisotopic (exact) mass is 272 g/mol. The van der Waals surface area contributed by atoms with Crippen LogP contribution in [0.1, 0.15) is 19.4 Å². The van der Waals surface area contributed by atoms with E-state index in [0.717, 1.165) is 0 Å². The lowest BCUT2D eigenvalue weighted by atomic mass is 10.1. The quantitative estimate of drug-likeness (QED) is 0.825. The largest absolute Gasteiger partial charge is 0.383 e. The Morgan fingerprint density at radius 1 is 1.32 bits per heavy atom. The van der Waals surface area contributed by atoms with E-state index in [1.807, 2.05) is 13.8 Å². The van der Waals surface area contributed by atoms with E-state index in [9.17, 15) is 8.78 Å². The first kappa shape index (κ1) is 15.9. The van der Waals surface area contributed by atoms with Crippen molar-refractivity contribution in [2.75, 3.05) is 32.2 Å². The molecule has 1 unspecified atom stereocenters. The number of rotatable bonds is 7. The van der Waals surface area contributed by atoms with Crippen molar-refractivity contribution in [2.45, 2.75) is 26.4 Å². The number of benzene rings is 1. The smallest absolute Gasteiger partial charge is 0.149 e. The van der Waals surface area contributed by atoms with Gasteiger partial charge in [0.15, 0.2) is 0 Å². The summed E-state index contributed by atoms with van der Waals surface area (Å²) in [4.78, 5) is 1.68. The molecule has 1 aromatic carbocycles. The Labute approximate surface area is 113 Å². The molecule has 19 heavy (non-hydrogen) atoms. The van der Waals surface area contributed by atoms with Gasteiger partial charge in [0.05, 0.1) is 6.61 Å². The second-order valence-corrected chi connectivity index (χ2v) is 4.53. The third-order valence-corrected chi connectivity index (χ3v) is 3.03. The van der Waals surface area contributed by atoms with E-state index >= 15 is 0 Å². The lowest BCUT2D eigenvalue weighted by Gasteiger charge is -2.30. The van der Waals surface area contributed by atoms with Crippen LogP contribution in [0, 0.1) is 11.6 Å². The van der Waals surface area contributed by atoms with Gasteiger partial charge in [0.2, 0.25) is 0 Å². The van der Waals surface area contributed by atoms with Crippen molar-refractivity contribution in [3.63, 3.8) is 0 Å². The van der Waals surface area contributed by atoms with Gasteiger partial charge in [-0.25, -0.2) is 8.78 Å². The molecule has 1 atom stereocenters. The van der Waals surface area contributed by atoms with Crippen molar-refractivity contribution in [1.82, 2.24) is 5.32 Å². The van der Waals surface area contributed by atoms with E-state index in [1.165, 1.54) is 12.1 Å². The van der Waals surface area contributed by atoms with E-state index in [4.69, 9.17) is 4.74 Å². The van der Waals surface area contributed by atoms with Crippen molar-refractivity contribution >= 4 is 5.69 Å². The molecular formula is C14H22F2N2O. The summed E-state index contributed by atoms with van der Waals surface area (Å²) in [5.41, 5.74) is 0.614. The fourth-order valence-electron chi connectivity index (χ4n) is 2.22. The molecule has 5 heteroatoms. The molecular weight excluding hydrogens is 250 g/mol. The highest BCUT2D eigenvalue weighted by Gasteiger charge is 2.21. The average molecular weight is 272 g/mol. The summed E-state index contributed by atoms with van der Waals surface area (Å²) in [5, 5.41) is 2.88. The van der Waals surface area contributed by atoms with Gasteiger partial charge < -0.3 is 15.0 Å². The molecule has 108 valence electrons. The molecule has 1 rings (SSSR count). The van der Waals surface area contributed by atoms with Crippen LogP contribution in [0.2, 0.25) is 0 Å². The molecule has 0 saturated heterocycles. The van der Waals surface area contributed by atoms with Crippen LogP contribution in [0.5, 0.6) is 0 Å². The number of methoxy groups -OCH3 is 1. The molecule has 0 bridgehead atoms. The first-order valence-corrected chi connectivity index (χ1v) is 6.43. The Morgan fingerprint density at radius 2 is 1.89 bits per heavy atom. The molecule has 0 aliphatic rings. The maximum atomic E-state index is 14.1. The topological polar surface area (TPSA) is 24.5 Å². The molecule has 0 saturated carbocycles. The van der Waals surface area contributed by atoms with Crippen LogP contribution in [0.15, 0.2) is 12.1 Å². The summed E-state index contributed by atoms with van der Waals surface area (Å²) in [5.74, 6) is -1.06. The van der Waals surface area contributed by atoms with Gasteiger partial charge in [-0.2, -0.15) is 0 Å². The Kier molecular flexibility index (Phi) is 6.18. The number of hydrogen-bond acceptors (Lipinski definition) is 3. The van der Waals surface area contributed by atoms with Crippen molar-refractivity contribution in [3.05, 3.63) is 29.3 Å². The molecule has 0 aromatic heterocycles. The van der Waals surface area contributed by atoms with E-state index in [1.54, 1.807) is 19.1 Å². The lowest BCUT2D eigenvalue weighted by molar-refractivity contribution is 0.181. The summed E-state index contributed by atoms with van der Waals surface area (Å²) in [6.07, 6.45) is 0. The first-order valence-electron chi connectivity index (χ1n) is 6.43. The van der Waals surface area contributed by atoms with E-state index in [2.05, 4.69) is 5.32 Å². The first-order chi connectivity index (χ1) is 9.04. The minimum Gasteiger partial charge on any atom is -0.383 e. The van der Waals surface area contributed by atoms with Crippen LogP contribution in [-0.4, -0.2) is 33.4 Å². The van der Waals surface area contributed by atoms with Crippen LogP contribution < -0.4 is 10.2 Å². The Hall–Kier alpha value is -1.20. The van der Waals surface area contributed by atoms with Crippen molar-refractivity contribution in [3.8, 4) is 0 Å². The highest BCUT2D eigenvalue weighted by atomic mass is 19.1. The number of likely N-dealkylation sites (N-methyl/N-ethyl adjacent to an activating group) is 1. The fraction of sp³-hybridized carbons (Fsp3) is 0.571. The summed E-state index contributed by atoms with van der Waals surface area (Å²) in [7, 11) is 3.32. The van der Waals surface area contributed by atoms with E-state index < -0.39 is 11.6 Å². The predicted molar refractivity (Wildman–Crippen MR) is 73.5 cm³/mol. The lowest BCUT2D eigenvalue weighted by Crippen LogP contribution is -2.37. The van der Waals surface area contributed by atoms with Gasteiger partial charge >= 0.3 is 0 Å². The minimum atomic E-state index is -0.532. The third-order valence-electron chi connectivity index (χ3n) is 3.03. The van der Waals surface area contributed by atoms with Crippen molar-refractivity contribution < 1.29 is 13.5 Å². The molecule has 1 aromatic rings. The van der Waals surface area contributed by atoms with Gasteiger partial charge in [-0.1, -0.05) is 0 Å². The van der Waals surface area contributed by atoms with Gasteiger partial charge in [0.25, 0.3) is 0 Å². The van der Waals surface area contributed by atoms with Crippen LogP contribution in [0.3, 0.4) is 0 Å². The number of nitrogens with one attached hydrogen (secondary N) is 1. The zero-order chi connectivity index (χ0) is 14.4. The summed E-state index contributed by atoms with van der Waals surface area (Å²) in [6, 6.07) is 2.66. The number of anilines is 1. The molecule has 0 fully saturated rings. The zero-order valence-electron chi connectivity index (χ0n) is 12.0. The number of halogens is 2. The standard InChI is InChI=1S/C14H22F2N2O/c1-5-18(10(2)9-19-4)14-12(15)6-11(8-17-3)7-13(14)16/h6-7,10,17H,5,8-9H2,1-4H3. The second kappa shape index (κ2) is 7.40. The number of nitrogens with zero attached hydrogens (tertiary/aromatic N) is 1. The van der Waals surface area contributed by atoms with Crippen LogP contribution in [0.25, 0.3) is 0 Å². The molecule has 0 aliphatic heterocycles. The summed E-state index contributed by atoms with van der Waals surface area (Å²) < 4.78 is 33.3. The van der Waals surface area contributed by atoms with Crippen LogP contribution in [0.4, 0.5) is 14.5 Å². The SMILES string of the molecule is CCN(c1c(F)cc(CNC)cc1F)C(C)COC. The minimum absolute atomic E-state index is 0.0203. The maximum absolute atomic E-state index is 14.1. The van der Waals surface area contributed by atoms with Gasteiger partial charge in [-0.05, 0) is 38.6 Å². The molecule has 0 spiro atoms. The van der Waals surface area contributed by atoms with E-state index in [-0.39, 0.29) is 11.7 Å². The molecule has 0 radical (unpaired) electrons. The highest BCUT2D eigenvalue weighted by molar-refractivity contribution is 5.51. The average Bonchev–Trinajstić information content (AvgIpc) is 2.34. The molecule has 1 N–H and O–H groups in total.